The molecule has 0 spiro atoms. The van der Waals surface area contributed by atoms with Gasteiger partial charge in [-0.05, 0) is 57.2 Å². The van der Waals surface area contributed by atoms with Crippen LogP contribution in [0.15, 0.2) is 42.5 Å². The Morgan fingerprint density at radius 3 is 2.50 bits per heavy atom. The van der Waals surface area contributed by atoms with Gasteiger partial charge in [0.05, 0.1) is 5.71 Å². The minimum absolute atomic E-state index is 0.388. The van der Waals surface area contributed by atoms with Crippen molar-refractivity contribution in [2.45, 2.75) is 18.9 Å². The normalized spacial score (nSPS) is 16.1. The fourth-order valence-electron chi connectivity index (χ4n) is 3.03. The van der Waals surface area contributed by atoms with Crippen molar-refractivity contribution >= 4 is 34.6 Å². The maximum absolute atomic E-state index is 8.61. The molecule has 1 saturated heterocycles. The third-order valence-electron chi connectivity index (χ3n) is 4.47. The van der Waals surface area contributed by atoms with Crippen LogP contribution >= 0.6 is 23.2 Å². The van der Waals surface area contributed by atoms with E-state index in [-0.39, 0.29) is 0 Å². The summed E-state index contributed by atoms with van der Waals surface area (Å²) in [6, 6.07) is 13.5. The third kappa shape index (κ3) is 3.92. The summed E-state index contributed by atoms with van der Waals surface area (Å²) in [5.41, 5.74) is 2.83. The molecule has 5 heteroatoms. The summed E-state index contributed by atoms with van der Waals surface area (Å²) in [5, 5.41) is 13.4. The minimum Gasteiger partial charge on any atom is -0.382 e. The zero-order valence-corrected chi connectivity index (χ0v) is 15.2. The molecule has 0 aromatic heterocycles. The first-order chi connectivity index (χ1) is 11.5. The number of hydrogen-bond donors (Lipinski definition) is 2. The highest BCUT2D eigenvalue weighted by molar-refractivity contribution is 6.36. The number of anilines is 1. The lowest BCUT2D eigenvalue weighted by Crippen LogP contribution is -2.37. The number of hydrogen-bond acceptors (Lipinski definition) is 3. The van der Waals surface area contributed by atoms with E-state index in [0.29, 0.717) is 27.4 Å². The van der Waals surface area contributed by atoms with Crippen molar-refractivity contribution in [3.05, 3.63) is 63.6 Å². The molecule has 3 rings (SSSR count). The van der Waals surface area contributed by atoms with Crippen molar-refractivity contribution in [3.63, 3.8) is 0 Å². The molecule has 1 heterocycles. The second-order valence-electron chi connectivity index (χ2n) is 6.27. The van der Waals surface area contributed by atoms with Crippen LogP contribution in [-0.4, -0.2) is 36.8 Å². The number of nitrogens with zero attached hydrogens (tertiary/aromatic N) is 1. The second-order valence-corrected chi connectivity index (χ2v) is 7.11. The van der Waals surface area contributed by atoms with Crippen molar-refractivity contribution in [1.82, 2.24) is 4.90 Å². The third-order valence-corrected chi connectivity index (χ3v) is 5.04. The number of halogens is 2. The van der Waals surface area contributed by atoms with E-state index in [9.17, 15) is 0 Å². The molecular formula is C19H21Cl2N3. The van der Waals surface area contributed by atoms with E-state index in [1.165, 1.54) is 0 Å². The Balaban J connectivity index is 1.88. The molecule has 0 saturated carbocycles. The zero-order valence-electron chi connectivity index (χ0n) is 13.7. The van der Waals surface area contributed by atoms with E-state index in [2.05, 4.69) is 17.3 Å². The van der Waals surface area contributed by atoms with E-state index in [1.54, 1.807) is 6.07 Å². The van der Waals surface area contributed by atoms with Crippen molar-refractivity contribution < 1.29 is 0 Å². The predicted molar refractivity (Wildman–Crippen MR) is 103 cm³/mol. The lowest BCUT2D eigenvalue weighted by molar-refractivity contribution is 0.264. The van der Waals surface area contributed by atoms with Crippen molar-refractivity contribution in [1.29, 1.82) is 5.41 Å². The fourth-order valence-corrected chi connectivity index (χ4v) is 3.43. The van der Waals surface area contributed by atoms with Crippen LogP contribution in [0.4, 0.5) is 5.69 Å². The smallest absolute Gasteiger partial charge is 0.0720 e. The van der Waals surface area contributed by atoms with Gasteiger partial charge >= 0.3 is 0 Å². The topological polar surface area (TPSA) is 39.1 Å². The highest BCUT2D eigenvalue weighted by Crippen LogP contribution is 2.28. The molecule has 2 aromatic rings. The standard InChI is InChI=1S/C19H21Cl2N3/c1-24-10-8-14(9-11-24)23-18-7-6-13(20)12-16(18)19(22)15-4-2-3-5-17(15)21/h2-7,12,14,22-23H,8-11H2,1H3. The molecular weight excluding hydrogens is 341 g/mol. The van der Waals surface area contributed by atoms with Gasteiger partial charge in [0.25, 0.3) is 0 Å². The molecule has 0 atom stereocenters. The van der Waals surface area contributed by atoms with Crippen molar-refractivity contribution in [2.75, 3.05) is 25.5 Å². The number of piperidine rings is 1. The summed E-state index contributed by atoms with van der Waals surface area (Å²) < 4.78 is 0. The Hall–Kier alpha value is -1.55. The highest BCUT2D eigenvalue weighted by atomic mass is 35.5. The van der Waals surface area contributed by atoms with Crippen LogP contribution in [0.3, 0.4) is 0 Å². The molecule has 24 heavy (non-hydrogen) atoms. The molecule has 3 nitrogen and oxygen atoms in total. The maximum atomic E-state index is 8.61. The van der Waals surface area contributed by atoms with Crippen molar-refractivity contribution in [2.24, 2.45) is 0 Å². The summed E-state index contributed by atoms with van der Waals surface area (Å²) in [5.74, 6) is 0. The van der Waals surface area contributed by atoms with Gasteiger partial charge in [-0.2, -0.15) is 0 Å². The van der Waals surface area contributed by atoms with Crippen LogP contribution in [0, 0.1) is 5.41 Å². The van der Waals surface area contributed by atoms with Gasteiger partial charge in [-0.3, -0.25) is 5.41 Å². The van der Waals surface area contributed by atoms with Crippen LogP contribution in [0.5, 0.6) is 0 Å². The molecule has 2 N–H and O–H groups in total. The molecule has 126 valence electrons. The quantitative estimate of drug-likeness (QED) is 0.758. The van der Waals surface area contributed by atoms with Crippen LogP contribution in [-0.2, 0) is 0 Å². The van der Waals surface area contributed by atoms with Gasteiger partial charge in [0, 0.05) is 32.9 Å². The number of rotatable bonds is 4. The van der Waals surface area contributed by atoms with Gasteiger partial charge < -0.3 is 10.2 Å². The molecule has 0 bridgehead atoms. The van der Waals surface area contributed by atoms with Crippen LogP contribution in [0.2, 0.25) is 10.0 Å². The molecule has 0 radical (unpaired) electrons. The summed E-state index contributed by atoms with van der Waals surface area (Å²) in [6.07, 6.45) is 2.19. The predicted octanol–water partition coefficient (Wildman–Crippen LogP) is 4.92. The largest absolute Gasteiger partial charge is 0.382 e. The maximum Gasteiger partial charge on any atom is 0.0720 e. The summed E-state index contributed by atoms with van der Waals surface area (Å²) in [4.78, 5) is 2.34. The van der Waals surface area contributed by atoms with Crippen LogP contribution in [0.25, 0.3) is 0 Å². The molecule has 1 aliphatic heterocycles. The van der Waals surface area contributed by atoms with E-state index in [0.717, 1.165) is 37.2 Å². The first-order valence-electron chi connectivity index (χ1n) is 8.13. The van der Waals surface area contributed by atoms with Gasteiger partial charge in [0.15, 0.2) is 0 Å². The van der Waals surface area contributed by atoms with E-state index in [1.807, 2.05) is 36.4 Å². The minimum atomic E-state index is 0.388. The van der Waals surface area contributed by atoms with Crippen LogP contribution in [0.1, 0.15) is 24.0 Å². The number of likely N-dealkylation sites (tertiary alicyclic amines) is 1. The Kier molecular flexibility index (Phi) is 5.44. The summed E-state index contributed by atoms with van der Waals surface area (Å²) in [6.45, 7) is 2.17. The Morgan fingerprint density at radius 1 is 1.08 bits per heavy atom. The molecule has 0 unspecified atom stereocenters. The van der Waals surface area contributed by atoms with E-state index >= 15 is 0 Å². The van der Waals surface area contributed by atoms with Gasteiger partial charge in [-0.1, -0.05) is 41.4 Å². The average Bonchev–Trinajstić information content (AvgIpc) is 2.58. The van der Waals surface area contributed by atoms with Gasteiger partial charge in [-0.15, -0.1) is 0 Å². The van der Waals surface area contributed by atoms with Gasteiger partial charge in [-0.25, -0.2) is 0 Å². The lowest BCUT2D eigenvalue weighted by atomic mass is 9.99. The molecule has 0 amide bonds. The zero-order chi connectivity index (χ0) is 17.1. The highest BCUT2D eigenvalue weighted by Gasteiger charge is 2.19. The monoisotopic (exact) mass is 361 g/mol. The second kappa shape index (κ2) is 7.56. The molecule has 2 aromatic carbocycles. The van der Waals surface area contributed by atoms with Crippen molar-refractivity contribution in [3.8, 4) is 0 Å². The van der Waals surface area contributed by atoms with E-state index < -0.39 is 0 Å². The molecule has 0 aliphatic carbocycles. The van der Waals surface area contributed by atoms with E-state index in [4.69, 9.17) is 28.6 Å². The Bertz CT molecular complexity index is 737. The lowest BCUT2D eigenvalue weighted by Gasteiger charge is -2.30. The number of nitrogens with one attached hydrogen (secondary N) is 2. The SMILES string of the molecule is CN1CCC(Nc2ccc(Cl)cc2C(=N)c2ccccc2Cl)CC1. The first kappa shape index (κ1) is 17.3. The fraction of sp³-hybridized carbons (Fsp3) is 0.316. The Labute approximate surface area is 153 Å². The van der Waals surface area contributed by atoms with Gasteiger partial charge in [0.1, 0.15) is 0 Å². The number of benzene rings is 2. The molecule has 1 fully saturated rings. The average molecular weight is 362 g/mol. The first-order valence-corrected chi connectivity index (χ1v) is 8.88. The van der Waals surface area contributed by atoms with Crippen LogP contribution < -0.4 is 5.32 Å². The Morgan fingerprint density at radius 2 is 1.79 bits per heavy atom. The molecule has 1 aliphatic rings. The van der Waals surface area contributed by atoms with Gasteiger partial charge in [0.2, 0.25) is 0 Å². The summed E-state index contributed by atoms with van der Waals surface area (Å²) >= 11 is 12.5. The summed E-state index contributed by atoms with van der Waals surface area (Å²) in [7, 11) is 2.15.